The molecule has 0 amide bonds. The Bertz CT molecular complexity index is 501. The maximum atomic E-state index is 9.12. The van der Waals surface area contributed by atoms with E-state index in [0.29, 0.717) is 11.7 Å². The van der Waals surface area contributed by atoms with Crippen molar-refractivity contribution in [2.75, 3.05) is 24.5 Å². The molecule has 0 aliphatic carbocycles. The highest BCUT2D eigenvalue weighted by Crippen LogP contribution is 2.27. The standard InChI is InChI=1S/C15H21N5/c1-12-3-2-8-20(12)13-4-9-19(10-5-13)15-14(11-16)17-6-7-18-15/h6-7,12-13H,2-5,8-10H2,1H3. The van der Waals surface area contributed by atoms with Crippen molar-refractivity contribution < 1.29 is 0 Å². The van der Waals surface area contributed by atoms with E-state index in [-0.39, 0.29) is 0 Å². The lowest BCUT2D eigenvalue weighted by molar-refractivity contribution is 0.163. The normalized spacial score (nSPS) is 24.8. The first-order valence-electron chi connectivity index (χ1n) is 7.51. The Morgan fingerprint density at radius 1 is 1.15 bits per heavy atom. The minimum Gasteiger partial charge on any atom is -0.354 e. The third-order valence-electron chi connectivity index (χ3n) is 4.62. The zero-order valence-electron chi connectivity index (χ0n) is 12.0. The molecule has 3 heterocycles. The predicted molar refractivity (Wildman–Crippen MR) is 77.4 cm³/mol. The van der Waals surface area contributed by atoms with Crippen LogP contribution in [0, 0.1) is 11.3 Å². The second-order valence-electron chi connectivity index (χ2n) is 5.79. The number of anilines is 1. The van der Waals surface area contributed by atoms with Crippen molar-refractivity contribution in [3.63, 3.8) is 0 Å². The van der Waals surface area contributed by atoms with Gasteiger partial charge in [-0.25, -0.2) is 9.97 Å². The summed E-state index contributed by atoms with van der Waals surface area (Å²) in [7, 11) is 0. The van der Waals surface area contributed by atoms with Crippen LogP contribution in [0.25, 0.3) is 0 Å². The summed E-state index contributed by atoms with van der Waals surface area (Å²) in [5.41, 5.74) is 0.445. The SMILES string of the molecule is CC1CCCN1C1CCN(c2nccnc2C#N)CC1. The van der Waals surface area contributed by atoms with Crippen molar-refractivity contribution in [3.05, 3.63) is 18.1 Å². The number of hydrogen-bond donors (Lipinski definition) is 0. The average Bonchev–Trinajstić information content (AvgIpc) is 2.93. The van der Waals surface area contributed by atoms with Gasteiger partial charge in [0.25, 0.3) is 0 Å². The van der Waals surface area contributed by atoms with Gasteiger partial charge < -0.3 is 4.90 Å². The Labute approximate surface area is 120 Å². The van der Waals surface area contributed by atoms with Gasteiger partial charge in [-0.05, 0) is 39.2 Å². The maximum Gasteiger partial charge on any atom is 0.183 e. The van der Waals surface area contributed by atoms with Crippen molar-refractivity contribution in [3.8, 4) is 6.07 Å². The summed E-state index contributed by atoms with van der Waals surface area (Å²) in [5, 5.41) is 9.12. The quantitative estimate of drug-likeness (QED) is 0.821. The smallest absolute Gasteiger partial charge is 0.183 e. The van der Waals surface area contributed by atoms with E-state index in [1.807, 2.05) is 0 Å². The second kappa shape index (κ2) is 5.76. The van der Waals surface area contributed by atoms with Crippen LogP contribution >= 0.6 is 0 Å². The minimum atomic E-state index is 0.445. The first-order chi connectivity index (χ1) is 9.79. The molecule has 0 saturated carbocycles. The Balaban J connectivity index is 1.65. The lowest BCUT2D eigenvalue weighted by Crippen LogP contribution is -2.46. The molecule has 20 heavy (non-hydrogen) atoms. The molecule has 5 nitrogen and oxygen atoms in total. The van der Waals surface area contributed by atoms with Gasteiger partial charge in [0, 0.05) is 37.6 Å². The monoisotopic (exact) mass is 271 g/mol. The molecule has 3 rings (SSSR count). The van der Waals surface area contributed by atoms with E-state index in [1.165, 1.54) is 19.4 Å². The van der Waals surface area contributed by atoms with Crippen molar-refractivity contribution in [2.45, 2.75) is 44.7 Å². The van der Waals surface area contributed by atoms with E-state index >= 15 is 0 Å². The molecule has 0 spiro atoms. The summed E-state index contributed by atoms with van der Waals surface area (Å²) in [6, 6.07) is 3.57. The fourth-order valence-corrected chi connectivity index (χ4v) is 3.55. The van der Waals surface area contributed by atoms with Gasteiger partial charge in [0.05, 0.1) is 0 Å². The van der Waals surface area contributed by atoms with Gasteiger partial charge in [-0.1, -0.05) is 0 Å². The zero-order valence-corrected chi connectivity index (χ0v) is 12.0. The van der Waals surface area contributed by atoms with Gasteiger partial charge in [0.2, 0.25) is 0 Å². The van der Waals surface area contributed by atoms with Crippen molar-refractivity contribution >= 4 is 5.82 Å². The third-order valence-corrected chi connectivity index (χ3v) is 4.62. The second-order valence-corrected chi connectivity index (χ2v) is 5.79. The molecular formula is C15H21N5. The van der Waals surface area contributed by atoms with E-state index in [0.717, 1.165) is 37.8 Å². The van der Waals surface area contributed by atoms with Crippen LogP contribution in [0.1, 0.15) is 38.3 Å². The van der Waals surface area contributed by atoms with E-state index in [1.54, 1.807) is 12.4 Å². The maximum absolute atomic E-state index is 9.12. The van der Waals surface area contributed by atoms with Crippen LogP contribution in [0.4, 0.5) is 5.82 Å². The molecule has 1 atom stereocenters. The Kier molecular flexibility index (Phi) is 3.83. The van der Waals surface area contributed by atoms with Gasteiger partial charge in [-0.2, -0.15) is 5.26 Å². The number of piperidine rings is 1. The van der Waals surface area contributed by atoms with E-state index in [4.69, 9.17) is 5.26 Å². The molecule has 2 aliphatic rings. The van der Waals surface area contributed by atoms with E-state index in [9.17, 15) is 0 Å². The van der Waals surface area contributed by atoms with Crippen molar-refractivity contribution in [1.29, 1.82) is 5.26 Å². The van der Waals surface area contributed by atoms with Crippen molar-refractivity contribution in [1.82, 2.24) is 14.9 Å². The molecule has 1 aromatic heterocycles. The molecule has 0 N–H and O–H groups in total. The van der Waals surface area contributed by atoms with Gasteiger partial charge in [-0.15, -0.1) is 0 Å². The van der Waals surface area contributed by atoms with Crippen molar-refractivity contribution in [2.24, 2.45) is 0 Å². The van der Waals surface area contributed by atoms with Gasteiger partial charge in [0.1, 0.15) is 6.07 Å². The Morgan fingerprint density at radius 3 is 2.55 bits per heavy atom. The Morgan fingerprint density at radius 2 is 1.90 bits per heavy atom. The third kappa shape index (κ3) is 2.48. The summed E-state index contributed by atoms with van der Waals surface area (Å²) in [6.45, 7) is 5.54. The Hall–Kier alpha value is -1.67. The first kappa shape index (κ1) is 13.3. The summed E-state index contributed by atoms with van der Waals surface area (Å²) in [5.74, 6) is 0.753. The molecular weight excluding hydrogens is 250 g/mol. The van der Waals surface area contributed by atoms with Crippen LogP contribution in [-0.4, -0.2) is 46.6 Å². The predicted octanol–water partition coefficient (Wildman–Crippen LogP) is 1.80. The summed E-state index contributed by atoms with van der Waals surface area (Å²) < 4.78 is 0. The number of nitriles is 1. The highest BCUT2D eigenvalue weighted by atomic mass is 15.3. The zero-order chi connectivity index (χ0) is 13.9. The van der Waals surface area contributed by atoms with Crippen LogP contribution in [-0.2, 0) is 0 Å². The van der Waals surface area contributed by atoms with Gasteiger partial charge in [0.15, 0.2) is 11.5 Å². The summed E-state index contributed by atoms with van der Waals surface area (Å²) >= 11 is 0. The molecule has 0 bridgehead atoms. The molecule has 2 aliphatic heterocycles. The minimum absolute atomic E-state index is 0.445. The van der Waals surface area contributed by atoms with E-state index in [2.05, 4.69) is 32.8 Å². The van der Waals surface area contributed by atoms with Crippen LogP contribution in [0.2, 0.25) is 0 Å². The largest absolute Gasteiger partial charge is 0.354 e. The number of aromatic nitrogens is 2. The average molecular weight is 271 g/mol. The van der Waals surface area contributed by atoms with Crippen LogP contribution in [0.5, 0.6) is 0 Å². The highest BCUT2D eigenvalue weighted by Gasteiger charge is 2.31. The van der Waals surface area contributed by atoms with Crippen LogP contribution in [0.3, 0.4) is 0 Å². The molecule has 106 valence electrons. The molecule has 1 aromatic rings. The number of rotatable bonds is 2. The van der Waals surface area contributed by atoms with E-state index < -0.39 is 0 Å². The fourth-order valence-electron chi connectivity index (χ4n) is 3.55. The number of nitrogens with zero attached hydrogens (tertiary/aromatic N) is 5. The molecule has 2 saturated heterocycles. The molecule has 0 aromatic carbocycles. The number of likely N-dealkylation sites (tertiary alicyclic amines) is 1. The molecule has 1 unspecified atom stereocenters. The van der Waals surface area contributed by atoms with Gasteiger partial charge >= 0.3 is 0 Å². The lowest BCUT2D eigenvalue weighted by Gasteiger charge is -2.39. The topological polar surface area (TPSA) is 56.1 Å². The molecule has 5 heteroatoms. The molecule has 2 fully saturated rings. The highest BCUT2D eigenvalue weighted by molar-refractivity contribution is 5.49. The van der Waals surface area contributed by atoms with Gasteiger partial charge in [-0.3, -0.25) is 4.90 Å². The number of hydrogen-bond acceptors (Lipinski definition) is 5. The first-order valence-corrected chi connectivity index (χ1v) is 7.51. The summed E-state index contributed by atoms with van der Waals surface area (Å²) in [4.78, 5) is 13.3. The fraction of sp³-hybridized carbons (Fsp3) is 0.667. The van der Waals surface area contributed by atoms with Crippen LogP contribution < -0.4 is 4.90 Å². The molecule has 0 radical (unpaired) electrons. The lowest BCUT2D eigenvalue weighted by atomic mass is 10.0. The summed E-state index contributed by atoms with van der Waals surface area (Å²) in [6.07, 6.45) is 8.25. The van der Waals surface area contributed by atoms with Crippen LogP contribution in [0.15, 0.2) is 12.4 Å².